The summed E-state index contributed by atoms with van der Waals surface area (Å²) in [4.78, 5) is 25.7. The molecule has 0 saturated carbocycles. The lowest BCUT2D eigenvalue weighted by atomic mass is 9.93. The molecule has 2 heterocycles. The average Bonchev–Trinajstić information content (AvgIpc) is 2.90. The summed E-state index contributed by atoms with van der Waals surface area (Å²) in [5, 5.41) is 13.7. The van der Waals surface area contributed by atoms with Crippen LogP contribution in [0.4, 0.5) is 0 Å². The number of nitrogens with zero attached hydrogens (tertiary/aromatic N) is 3. The number of hydrogen-bond acceptors (Lipinski definition) is 3. The van der Waals surface area contributed by atoms with Crippen LogP contribution in [0.25, 0.3) is 0 Å². The number of carboxylic acids is 1. The van der Waals surface area contributed by atoms with Gasteiger partial charge in [0.05, 0.1) is 12.0 Å². The van der Waals surface area contributed by atoms with Crippen molar-refractivity contribution in [3.05, 3.63) is 17.5 Å². The second-order valence-corrected chi connectivity index (χ2v) is 6.50. The van der Waals surface area contributed by atoms with Gasteiger partial charge in [0.1, 0.15) is 0 Å². The van der Waals surface area contributed by atoms with Crippen molar-refractivity contribution < 1.29 is 14.7 Å². The van der Waals surface area contributed by atoms with E-state index in [-0.39, 0.29) is 18.5 Å². The Bertz CT molecular complexity index is 578. The number of amides is 1. The smallest absolute Gasteiger partial charge is 0.308 e. The van der Waals surface area contributed by atoms with Gasteiger partial charge in [-0.1, -0.05) is 13.8 Å². The molecule has 1 N–H and O–H groups in total. The summed E-state index contributed by atoms with van der Waals surface area (Å²) in [6.45, 7) is 8.43. The van der Waals surface area contributed by atoms with E-state index in [0.29, 0.717) is 18.2 Å². The van der Waals surface area contributed by atoms with E-state index in [0.717, 1.165) is 25.0 Å². The maximum absolute atomic E-state index is 12.8. The van der Waals surface area contributed by atoms with E-state index in [9.17, 15) is 14.7 Å². The Morgan fingerprint density at radius 3 is 2.57 bits per heavy atom. The Morgan fingerprint density at radius 1 is 1.35 bits per heavy atom. The first kappa shape index (κ1) is 17.5. The highest BCUT2D eigenvalue weighted by molar-refractivity contribution is 5.93. The number of carboxylic acid groups (broad SMARTS) is 1. The average molecular weight is 321 g/mol. The number of piperidine rings is 1. The van der Waals surface area contributed by atoms with Crippen LogP contribution in [0.5, 0.6) is 0 Å². The van der Waals surface area contributed by atoms with Gasteiger partial charge in [-0.05, 0) is 45.6 Å². The van der Waals surface area contributed by atoms with Crippen LogP contribution in [0.3, 0.4) is 0 Å². The number of carbonyl (C=O) groups is 2. The first-order valence-corrected chi connectivity index (χ1v) is 8.48. The van der Waals surface area contributed by atoms with E-state index < -0.39 is 11.9 Å². The van der Waals surface area contributed by atoms with E-state index in [1.807, 2.05) is 24.6 Å². The molecule has 1 aromatic heterocycles. The molecule has 6 heteroatoms. The van der Waals surface area contributed by atoms with Crippen molar-refractivity contribution in [3.63, 3.8) is 0 Å². The van der Waals surface area contributed by atoms with E-state index in [1.54, 1.807) is 4.90 Å². The number of aliphatic carboxylic acids is 1. The highest BCUT2D eigenvalue weighted by Crippen LogP contribution is 2.25. The third kappa shape index (κ3) is 3.57. The summed E-state index contributed by atoms with van der Waals surface area (Å²) in [7, 11) is 0. The van der Waals surface area contributed by atoms with Gasteiger partial charge in [-0.3, -0.25) is 14.3 Å². The highest BCUT2D eigenvalue weighted by atomic mass is 16.4. The van der Waals surface area contributed by atoms with Gasteiger partial charge >= 0.3 is 5.97 Å². The van der Waals surface area contributed by atoms with Crippen LogP contribution in [0.1, 0.15) is 68.7 Å². The normalized spacial score (nSPS) is 21.7. The van der Waals surface area contributed by atoms with Gasteiger partial charge in [-0.15, -0.1) is 0 Å². The van der Waals surface area contributed by atoms with Crippen LogP contribution in [-0.4, -0.2) is 44.3 Å². The standard InChI is InChI=1S/C17H27N3O3/c1-5-14(6-2)20-12(4)9-15(18-20)16(21)19-10-13(17(22)23)8-7-11(19)3/h9,11,13-14H,5-8,10H2,1-4H3,(H,22,23). The molecule has 2 atom stereocenters. The molecule has 0 radical (unpaired) electrons. The topological polar surface area (TPSA) is 75.4 Å². The zero-order chi connectivity index (χ0) is 17.1. The molecule has 0 bridgehead atoms. The predicted molar refractivity (Wildman–Crippen MR) is 87.4 cm³/mol. The lowest BCUT2D eigenvalue weighted by Gasteiger charge is -2.36. The number of carbonyl (C=O) groups excluding carboxylic acids is 1. The van der Waals surface area contributed by atoms with Gasteiger partial charge in [0.15, 0.2) is 5.69 Å². The molecule has 1 aromatic rings. The lowest BCUT2D eigenvalue weighted by molar-refractivity contribution is -0.143. The molecule has 6 nitrogen and oxygen atoms in total. The molecule has 1 saturated heterocycles. The van der Waals surface area contributed by atoms with Gasteiger partial charge in [0.2, 0.25) is 0 Å². The van der Waals surface area contributed by atoms with Gasteiger partial charge in [0.25, 0.3) is 5.91 Å². The van der Waals surface area contributed by atoms with Crippen LogP contribution in [-0.2, 0) is 4.79 Å². The molecule has 2 unspecified atom stereocenters. The molecule has 1 amide bonds. The minimum absolute atomic E-state index is 0.0525. The molecular weight excluding hydrogens is 294 g/mol. The van der Waals surface area contributed by atoms with Crippen LogP contribution in [0.15, 0.2) is 6.07 Å². The minimum atomic E-state index is -0.826. The van der Waals surface area contributed by atoms with Crippen LogP contribution in [0, 0.1) is 12.8 Å². The van der Waals surface area contributed by atoms with Crippen molar-refractivity contribution >= 4 is 11.9 Å². The second-order valence-electron chi connectivity index (χ2n) is 6.50. The molecule has 0 aliphatic carbocycles. The van der Waals surface area contributed by atoms with Crippen molar-refractivity contribution in [2.75, 3.05) is 6.54 Å². The number of likely N-dealkylation sites (tertiary alicyclic amines) is 1. The fourth-order valence-electron chi connectivity index (χ4n) is 3.34. The number of aromatic nitrogens is 2. The zero-order valence-electron chi connectivity index (χ0n) is 14.5. The Hall–Kier alpha value is -1.85. The molecule has 1 fully saturated rings. The minimum Gasteiger partial charge on any atom is -0.481 e. The highest BCUT2D eigenvalue weighted by Gasteiger charge is 2.34. The first-order valence-electron chi connectivity index (χ1n) is 8.48. The van der Waals surface area contributed by atoms with Crippen LogP contribution < -0.4 is 0 Å². The summed E-state index contributed by atoms with van der Waals surface area (Å²) >= 11 is 0. The van der Waals surface area contributed by atoms with Crippen molar-refractivity contribution in [1.29, 1.82) is 0 Å². The summed E-state index contributed by atoms with van der Waals surface area (Å²) in [6.07, 6.45) is 3.28. The Balaban J connectivity index is 2.22. The molecule has 1 aliphatic rings. The maximum Gasteiger partial charge on any atom is 0.308 e. The van der Waals surface area contributed by atoms with Crippen molar-refractivity contribution in [2.24, 2.45) is 5.92 Å². The molecule has 2 rings (SSSR count). The molecule has 0 spiro atoms. The van der Waals surface area contributed by atoms with Gasteiger partial charge in [-0.25, -0.2) is 0 Å². The zero-order valence-corrected chi connectivity index (χ0v) is 14.5. The predicted octanol–water partition coefficient (Wildman–Crippen LogP) is 2.88. The Kier molecular flexibility index (Phi) is 5.44. The fourth-order valence-corrected chi connectivity index (χ4v) is 3.34. The lowest BCUT2D eigenvalue weighted by Crippen LogP contribution is -2.47. The fraction of sp³-hybridized carbons (Fsp3) is 0.706. The van der Waals surface area contributed by atoms with E-state index in [4.69, 9.17) is 0 Å². The molecule has 1 aliphatic heterocycles. The summed E-state index contributed by atoms with van der Waals surface area (Å²) in [5.41, 5.74) is 1.40. The summed E-state index contributed by atoms with van der Waals surface area (Å²) in [6, 6.07) is 2.16. The monoisotopic (exact) mass is 321 g/mol. The number of aryl methyl sites for hydroxylation is 1. The van der Waals surface area contributed by atoms with E-state index >= 15 is 0 Å². The van der Waals surface area contributed by atoms with E-state index in [2.05, 4.69) is 18.9 Å². The molecule has 128 valence electrons. The SMILES string of the molecule is CCC(CC)n1nc(C(=O)N2CC(C(=O)O)CCC2C)cc1C. The summed E-state index contributed by atoms with van der Waals surface area (Å²) in [5.74, 6) is -1.46. The van der Waals surface area contributed by atoms with Crippen molar-refractivity contribution in [2.45, 2.75) is 65.5 Å². The third-order valence-electron chi connectivity index (χ3n) is 4.92. The third-order valence-corrected chi connectivity index (χ3v) is 4.92. The molecule has 23 heavy (non-hydrogen) atoms. The van der Waals surface area contributed by atoms with Gasteiger partial charge in [0, 0.05) is 18.3 Å². The van der Waals surface area contributed by atoms with Gasteiger partial charge < -0.3 is 10.0 Å². The van der Waals surface area contributed by atoms with Crippen molar-refractivity contribution in [1.82, 2.24) is 14.7 Å². The van der Waals surface area contributed by atoms with Crippen molar-refractivity contribution in [3.8, 4) is 0 Å². The molecule has 0 aromatic carbocycles. The Labute approximate surface area is 137 Å². The largest absolute Gasteiger partial charge is 0.481 e. The quantitative estimate of drug-likeness (QED) is 0.905. The number of rotatable bonds is 5. The Morgan fingerprint density at radius 2 is 2.00 bits per heavy atom. The first-order chi connectivity index (χ1) is 10.9. The number of hydrogen-bond donors (Lipinski definition) is 1. The van der Waals surface area contributed by atoms with E-state index in [1.165, 1.54) is 0 Å². The maximum atomic E-state index is 12.8. The second kappa shape index (κ2) is 7.15. The van der Waals surface area contributed by atoms with Gasteiger partial charge in [-0.2, -0.15) is 5.10 Å². The van der Waals surface area contributed by atoms with Crippen LogP contribution in [0.2, 0.25) is 0 Å². The molecular formula is C17H27N3O3. The van der Waals surface area contributed by atoms with Crippen LogP contribution >= 0.6 is 0 Å². The summed E-state index contributed by atoms with van der Waals surface area (Å²) < 4.78 is 1.93.